The Morgan fingerprint density at radius 2 is 2.05 bits per heavy atom. The van der Waals surface area contributed by atoms with E-state index in [0.29, 0.717) is 0 Å². The fourth-order valence-corrected chi connectivity index (χ4v) is 2.66. The third-order valence-electron chi connectivity index (χ3n) is 3.71. The predicted octanol–water partition coefficient (Wildman–Crippen LogP) is 3.23. The molecule has 3 rings (SSSR count). The first-order valence-corrected chi connectivity index (χ1v) is 7.12. The van der Waals surface area contributed by atoms with Gasteiger partial charge >= 0.3 is 0 Å². The van der Waals surface area contributed by atoms with Gasteiger partial charge in [0.05, 0.1) is 12.9 Å². The number of hydrogen-bond donors (Lipinski definition) is 0. The first-order chi connectivity index (χ1) is 9.42. The molecule has 0 aliphatic heterocycles. The first kappa shape index (κ1) is 12.3. The Kier molecular flexibility index (Phi) is 3.82. The topological polar surface area (TPSA) is 27.1 Å². The van der Waals surface area contributed by atoms with Crippen molar-refractivity contribution in [3.63, 3.8) is 0 Å². The van der Waals surface area contributed by atoms with E-state index in [1.54, 1.807) is 0 Å². The third kappa shape index (κ3) is 3.16. The summed E-state index contributed by atoms with van der Waals surface area (Å²) in [7, 11) is 0. The maximum atomic E-state index is 5.84. The lowest BCUT2D eigenvalue weighted by Crippen LogP contribution is -2.05. The van der Waals surface area contributed by atoms with Crippen molar-refractivity contribution < 1.29 is 4.74 Å². The third-order valence-corrected chi connectivity index (χ3v) is 3.71. The molecule has 1 aromatic heterocycles. The molecule has 3 nitrogen and oxygen atoms in total. The normalized spacial score (nSPS) is 14.1. The van der Waals surface area contributed by atoms with Gasteiger partial charge in [-0.15, -0.1) is 0 Å². The van der Waals surface area contributed by atoms with Crippen LogP contribution in [0.2, 0.25) is 0 Å². The minimum atomic E-state index is 0.761. The molecule has 0 radical (unpaired) electrons. The lowest BCUT2D eigenvalue weighted by Gasteiger charge is -2.16. The second kappa shape index (κ2) is 5.91. The maximum Gasteiger partial charge on any atom is 0.119 e. The standard InChI is InChI=1S/C16H20N2O/c1-2-5-15-12-16(7-6-14(15)4-1)19-11-3-9-18-10-8-17-13-18/h6-8,10,12-13H,1-5,9,11H2. The van der Waals surface area contributed by atoms with Gasteiger partial charge in [-0.25, -0.2) is 4.98 Å². The van der Waals surface area contributed by atoms with Gasteiger partial charge < -0.3 is 9.30 Å². The van der Waals surface area contributed by atoms with Crippen LogP contribution < -0.4 is 4.74 Å². The summed E-state index contributed by atoms with van der Waals surface area (Å²) in [4.78, 5) is 4.03. The van der Waals surface area contributed by atoms with Crippen molar-refractivity contribution >= 4 is 0 Å². The van der Waals surface area contributed by atoms with Crippen LogP contribution in [0, 0.1) is 0 Å². The molecular weight excluding hydrogens is 236 g/mol. The zero-order chi connectivity index (χ0) is 12.9. The van der Waals surface area contributed by atoms with E-state index >= 15 is 0 Å². The summed E-state index contributed by atoms with van der Waals surface area (Å²) in [6.45, 7) is 1.72. The number of hydrogen-bond acceptors (Lipinski definition) is 2. The monoisotopic (exact) mass is 256 g/mol. The summed E-state index contributed by atoms with van der Waals surface area (Å²) in [6, 6.07) is 6.58. The second-order valence-electron chi connectivity index (χ2n) is 5.14. The molecule has 1 aromatic carbocycles. The van der Waals surface area contributed by atoms with Gasteiger partial charge in [-0.3, -0.25) is 0 Å². The second-order valence-corrected chi connectivity index (χ2v) is 5.14. The Morgan fingerprint density at radius 3 is 2.89 bits per heavy atom. The van der Waals surface area contributed by atoms with Gasteiger partial charge in [0.1, 0.15) is 5.75 Å². The average molecular weight is 256 g/mol. The largest absolute Gasteiger partial charge is 0.494 e. The Bertz CT molecular complexity index is 520. The molecule has 2 aromatic rings. The number of ether oxygens (including phenoxy) is 1. The summed E-state index contributed by atoms with van der Waals surface area (Å²) in [5.41, 5.74) is 3.00. The summed E-state index contributed by atoms with van der Waals surface area (Å²) in [6.07, 6.45) is 11.7. The van der Waals surface area contributed by atoms with Crippen LogP contribution in [0.1, 0.15) is 30.4 Å². The highest BCUT2D eigenvalue weighted by Crippen LogP contribution is 2.25. The van der Waals surface area contributed by atoms with E-state index in [2.05, 4.69) is 27.8 Å². The minimum Gasteiger partial charge on any atom is -0.494 e. The van der Waals surface area contributed by atoms with E-state index in [9.17, 15) is 0 Å². The number of rotatable bonds is 5. The van der Waals surface area contributed by atoms with Crippen LogP contribution >= 0.6 is 0 Å². The molecule has 3 heteroatoms. The Morgan fingerprint density at radius 1 is 1.16 bits per heavy atom. The number of aromatic nitrogens is 2. The SMILES string of the molecule is c1cn(CCCOc2ccc3c(c2)CCCC3)cn1. The van der Waals surface area contributed by atoms with Crippen molar-refractivity contribution in [1.82, 2.24) is 9.55 Å². The van der Waals surface area contributed by atoms with Crippen LogP contribution in [0.25, 0.3) is 0 Å². The number of benzene rings is 1. The fraction of sp³-hybridized carbons (Fsp3) is 0.438. The molecular formula is C16H20N2O. The summed E-state index contributed by atoms with van der Waals surface area (Å²) in [5.74, 6) is 1.02. The van der Waals surface area contributed by atoms with Crippen LogP contribution in [-0.4, -0.2) is 16.2 Å². The molecule has 19 heavy (non-hydrogen) atoms. The average Bonchev–Trinajstić information content (AvgIpc) is 2.97. The zero-order valence-corrected chi connectivity index (χ0v) is 11.2. The molecule has 0 bridgehead atoms. The van der Waals surface area contributed by atoms with Crippen LogP contribution in [0.3, 0.4) is 0 Å². The van der Waals surface area contributed by atoms with Crippen molar-refractivity contribution in [2.75, 3.05) is 6.61 Å². The molecule has 0 amide bonds. The molecule has 1 aliphatic carbocycles. The smallest absolute Gasteiger partial charge is 0.119 e. The van der Waals surface area contributed by atoms with Gasteiger partial charge in [-0.1, -0.05) is 6.07 Å². The van der Waals surface area contributed by atoms with E-state index in [4.69, 9.17) is 4.74 Å². The molecule has 1 heterocycles. The van der Waals surface area contributed by atoms with Crippen molar-refractivity contribution in [3.8, 4) is 5.75 Å². The Labute approximate surface area is 114 Å². The van der Waals surface area contributed by atoms with Gasteiger partial charge in [0.2, 0.25) is 0 Å². The minimum absolute atomic E-state index is 0.761. The van der Waals surface area contributed by atoms with Crippen molar-refractivity contribution in [1.29, 1.82) is 0 Å². The summed E-state index contributed by atoms with van der Waals surface area (Å²) < 4.78 is 7.92. The molecule has 0 saturated heterocycles. The van der Waals surface area contributed by atoms with Crippen LogP contribution in [0.15, 0.2) is 36.9 Å². The first-order valence-electron chi connectivity index (χ1n) is 7.12. The van der Waals surface area contributed by atoms with Crippen LogP contribution in [0.5, 0.6) is 5.75 Å². The molecule has 0 spiro atoms. The molecule has 100 valence electrons. The number of aryl methyl sites for hydroxylation is 3. The molecule has 0 N–H and O–H groups in total. The molecule has 0 unspecified atom stereocenters. The molecule has 0 atom stereocenters. The molecule has 0 fully saturated rings. The Balaban J connectivity index is 1.50. The molecule has 1 aliphatic rings. The number of fused-ring (bicyclic) bond motifs is 1. The van der Waals surface area contributed by atoms with Gasteiger partial charge in [0.25, 0.3) is 0 Å². The zero-order valence-electron chi connectivity index (χ0n) is 11.2. The van der Waals surface area contributed by atoms with E-state index in [0.717, 1.165) is 25.3 Å². The lowest BCUT2D eigenvalue weighted by atomic mass is 9.92. The van der Waals surface area contributed by atoms with Crippen LogP contribution in [-0.2, 0) is 19.4 Å². The number of nitrogens with zero attached hydrogens (tertiary/aromatic N) is 2. The van der Waals surface area contributed by atoms with Gasteiger partial charge in [-0.2, -0.15) is 0 Å². The van der Waals surface area contributed by atoms with E-state index in [1.165, 1.54) is 36.8 Å². The number of imidazole rings is 1. The highest BCUT2D eigenvalue weighted by molar-refractivity contribution is 5.37. The van der Waals surface area contributed by atoms with Gasteiger partial charge in [0, 0.05) is 18.9 Å². The van der Waals surface area contributed by atoms with Gasteiger partial charge in [0.15, 0.2) is 0 Å². The van der Waals surface area contributed by atoms with E-state index in [1.807, 2.05) is 18.7 Å². The van der Waals surface area contributed by atoms with Crippen molar-refractivity contribution in [2.24, 2.45) is 0 Å². The molecule has 0 saturated carbocycles. The Hall–Kier alpha value is -1.77. The lowest BCUT2D eigenvalue weighted by molar-refractivity contribution is 0.301. The fourth-order valence-electron chi connectivity index (χ4n) is 2.66. The summed E-state index contributed by atoms with van der Waals surface area (Å²) >= 11 is 0. The van der Waals surface area contributed by atoms with E-state index in [-0.39, 0.29) is 0 Å². The predicted molar refractivity (Wildman–Crippen MR) is 75.4 cm³/mol. The van der Waals surface area contributed by atoms with Gasteiger partial charge in [-0.05, 0) is 55.4 Å². The van der Waals surface area contributed by atoms with Crippen molar-refractivity contribution in [2.45, 2.75) is 38.6 Å². The summed E-state index contributed by atoms with van der Waals surface area (Å²) in [5, 5.41) is 0. The van der Waals surface area contributed by atoms with Crippen molar-refractivity contribution in [3.05, 3.63) is 48.0 Å². The highest BCUT2D eigenvalue weighted by atomic mass is 16.5. The van der Waals surface area contributed by atoms with E-state index < -0.39 is 0 Å². The quantitative estimate of drug-likeness (QED) is 0.768. The maximum absolute atomic E-state index is 5.84. The highest BCUT2D eigenvalue weighted by Gasteiger charge is 2.09. The van der Waals surface area contributed by atoms with Crippen LogP contribution in [0.4, 0.5) is 0 Å².